The first-order valence-corrected chi connectivity index (χ1v) is 13.4. The van der Waals surface area contributed by atoms with Gasteiger partial charge in [0.1, 0.15) is 11.3 Å². The first-order chi connectivity index (χ1) is 18.1. The topological polar surface area (TPSA) is 70.4 Å². The number of rotatable bonds is 6. The lowest BCUT2D eigenvalue weighted by Crippen LogP contribution is -2.47. The Balaban J connectivity index is 1.15. The number of halogens is 1. The smallest absolute Gasteiger partial charge is 0.223 e. The number of anilines is 1. The molecule has 2 fully saturated rings. The molecule has 0 bridgehead atoms. The molecule has 0 atom stereocenters. The van der Waals surface area contributed by atoms with Crippen molar-refractivity contribution in [2.45, 2.75) is 56.7 Å². The Morgan fingerprint density at radius 1 is 0.811 bits per heavy atom. The van der Waals surface area contributed by atoms with E-state index in [1.165, 1.54) is 32.1 Å². The van der Waals surface area contributed by atoms with Crippen LogP contribution in [-0.2, 0) is 0 Å². The molecule has 37 heavy (non-hydrogen) atoms. The highest BCUT2D eigenvalue weighted by Gasteiger charge is 2.25. The average molecular weight is 500 g/mol. The Kier molecular flexibility index (Phi) is 6.85. The van der Waals surface area contributed by atoms with Crippen LogP contribution in [0.2, 0.25) is 0 Å². The number of hydrogen-bond acceptors (Lipinski definition) is 6. The molecule has 2 aliphatic rings. The zero-order chi connectivity index (χ0) is 25.2. The van der Waals surface area contributed by atoms with Crippen molar-refractivity contribution in [1.29, 1.82) is 0 Å². The van der Waals surface area contributed by atoms with Crippen molar-refractivity contribution in [3.05, 3.63) is 66.9 Å². The molecule has 0 radical (unpaired) electrons. The molecule has 2 N–H and O–H groups in total. The van der Waals surface area contributed by atoms with E-state index in [-0.39, 0.29) is 5.69 Å². The molecular weight excluding hydrogens is 465 g/mol. The van der Waals surface area contributed by atoms with Gasteiger partial charge >= 0.3 is 0 Å². The third-order valence-electron chi connectivity index (χ3n) is 7.85. The molecule has 1 aromatic carbocycles. The molecule has 6 rings (SSSR count). The first-order valence-electron chi connectivity index (χ1n) is 13.4. The highest BCUT2D eigenvalue weighted by atomic mass is 19.1. The van der Waals surface area contributed by atoms with E-state index in [1.54, 1.807) is 6.20 Å². The molecule has 3 aromatic heterocycles. The van der Waals surface area contributed by atoms with Crippen LogP contribution in [0.3, 0.4) is 0 Å². The largest absolute Gasteiger partial charge is 0.351 e. The predicted octanol–water partition coefficient (Wildman–Crippen LogP) is 5.00. The van der Waals surface area contributed by atoms with Crippen LogP contribution in [0.15, 0.2) is 61.1 Å². The highest BCUT2D eigenvalue weighted by molar-refractivity contribution is 5.68. The van der Waals surface area contributed by atoms with E-state index in [4.69, 9.17) is 0 Å². The van der Waals surface area contributed by atoms with Gasteiger partial charge in [-0.3, -0.25) is 4.40 Å². The quantitative estimate of drug-likeness (QED) is 0.389. The number of nitrogens with one attached hydrogen (secondary N) is 2. The number of piperidine rings is 1. The maximum absolute atomic E-state index is 15.0. The van der Waals surface area contributed by atoms with Gasteiger partial charge in [-0.1, -0.05) is 30.3 Å². The van der Waals surface area contributed by atoms with E-state index in [2.05, 4.69) is 49.7 Å². The standard InChI is InChI=1S/C29H34FN7/c1-36-15-13-24(14-16-36)33-22-8-10-23(11-9-22)34-29-32-17-25(30)28(35-29)26-18-31-27-12-7-21(19-37(26)27)20-5-3-2-4-6-20/h2-7,12,17-19,22-24,33H,8-11,13-16H2,1H3,(H,32,34,35)/t22-,23-. The van der Waals surface area contributed by atoms with Gasteiger partial charge < -0.3 is 15.5 Å². The molecule has 0 spiro atoms. The van der Waals surface area contributed by atoms with E-state index < -0.39 is 5.82 Å². The van der Waals surface area contributed by atoms with E-state index in [1.807, 2.05) is 40.9 Å². The molecule has 1 aliphatic heterocycles. The lowest BCUT2D eigenvalue weighted by Gasteiger charge is -2.35. The molecule has 4 aromatic rings. The summed E-state index contributed by atoms with van der Waals surface area (Å²) in [4.78, 5) is 15.8. The first kappa shape index (κ1) is 24.0. The summed E-state index contributed by atoms with van der Waals surface area (Å²) >= 11 is 0. The summed E-state index contributed by atoms with van der Waals surface area (Å²) in [7, 11) is 2.20. The van der Waals surface area contributed by atoms with Gasteiger partial charge in [0.15, 0.2) is 5.82 Å². The lowest BCUT2D eigenvalue weighted by molar-refractivity contribution is 0.211. The van der Waals surface area contributed by atoms with Gasteiger partial charge in [-0.15, -0.1) is 0 Å². The van der Waals surface area contributed by atoms with Gasteiger partial charge in [-0.05, 0) is 81.9 Å². The monoisotopic (exact) mass is 499 g/mol. The average Bonchev–Trinajstić information content (AvgIpc) is 3.36. The maximum atomic E-state index is 15.0. The van der Waals surface area contributed by atoms with Gasteiger partial charge in [0.25, 0.3) is 0 Å². The molecule has 1 saturated carbocycles. The zero-order valence-electron chi connectivity index (χ0n) is 21.3. The third-order valence-corrected chi connectivity index (χ3v) is 7.85. The Morgan fingerprint density at radius 3 is 2.32 bits per heavy atom. The van der Waals surface area contributed by atoms with Crippen LogP contribution in [0.5, 0.6) is 0 Å². The second-order valence-electron chi connectivity index (χ2n) is 10.5. The van der Waals surface area contributed by atoms with E-state index in [0.717, 1.165) is 42.5 Å². The Morgan fingerprint density at radius 2 is 1.54 bits per heavy atom. The summed E-state index contributed by atoms with van der Waals surface area (Å²) in [5, 5.41) is 7.36. The Labute approximate surface area is 217 Å². The molecule has 4 heterocycles. The Bertz CT molecular complexity index is 1340. The molecular formula is C29H34FN7. The number of aromatic nitrogens is 4. The summed E-state index contributed by atoms with van der Waals surface area (Å²) in [5.74, 6) is 0.0146. The van der Waals surface area contributed by atoms with Crippen LogP contribution in [-0.4, -0.2) is 62.5 Å². The minimum Gasteiger partial charge on any atom is -0.351 e. The summed E-state index contributed by atoms with van der Waals surface area (Å²) in [6, 6.07) is 15.6. The van der Waals surface area contributed by atoms with Crippen molar-refractivity contribution in [2.75, 3.05) is 25.5 Å². The number of pyridine rings is 1. The fraction of sp³-hybridized carbons (Fsp3) is 0.414. The van der Waals surface area contributed by atoms with Crippen LogP contribution >= 0.6 is 0 Å². The lowest BCUT2D eigenvalue weighted by atomic mass is 9.90. The van der Waals surface area contributed by atoms with E-state index >= 15 is 0 Å². The fourth-order valence-electron chi connectivity index (χ4n) is 5.67. The third kappa shape index (κ3) is 5.36. The minimum absolute atomic E-state index is 0.257. The van der Waals surface area contributed by atoms with Crippen LogP contribution in [0.1, 0.15) is 38.5 Å². The number of fused-ring (bicyclic) bond motifs is 1. The summed E-state index contributed by atoms with van der Waals surface area (Å²) in [6.07, 6.45) is 11.8. The summed E-state index contributed by atoms with van der Waals surface area (Å²) in [5.41, 5.74) is 3.74. The predicted molar refractivity (Wildman–Crippen MR) is 145 cm³/mol. The van der Waals surface area contributed by atoms with Gasteiger partial charge in [0.2, 0.25) is 5.95 Å². The number of hydrogen-bond donors (Lipinski definition) is 2. The van der Waals surface area contributed by atoms with Crippen LogP contribution < -0.4 is 10.6 Å². The van der Waals surface area contributed by atoms with Gasteiger partial charge in [0, 0.05) is 24.3 Å². The molecule has 192 valence electrons. The number of nitrogens with zero attached hydrogens (tertiary/aromatic N) is 5. The second kappa shape index (κ2) is 10.6. The SMILES string of the molecule is CN1CCC(N[C@H]2CC[C@H](Nc3ncc(F)c(-c4cnc5ccc(-c6ccccc6)cn45)n3)CC2)CC1. The van der Waals surface area contributed by atoms with Crippen molar-refractivity contribution in [1.82, 2.24) is 29.6 Å². The van der Waals surface area contributed by atoms with E-state index in [9.17, 15) is 4.39 Å². The van der Waals surface area contributed by atoms with Crippen molar-refractivity contribution < 1.29 is 4.39 Å². The fourth-order valence-corrected chi connectivity index (χ4v) is 5.67. The second-order valence-corrected chi connectivity index (χ2v) is 10.5. The summed E-state index contributed by atoms with van der Waals surface area (Å²) in [6.45, 7) is 2.36. The van der Waals surface area contributed by atoms with Gasteiger partial charge in [-0.2, -0.15) is 0 Å². The van der Waals surface area contributed by atoms with Crippen molar-refractivity contribution in [2.24, 2.45) is 0 Å². The van der Waals surface area contributed by atoms with Crippen molar-refractivity contribution in [3.8, 4) is 22.5 Å². The summed E-state index contributed by atoms with van der Waals surface area (Å²) < 4.78 is 16.9. The maximum Gasteiger partial charge on any atom is 0.223 e. The van der Waals surface area contributed by atoms with Crippen molar-refractivity contribution in [3.63, 3.8) is 0 Å². The van der Waals surface area contributed by atoms with E-state index in [0.29, 0.717) is 29.8 Å². The molecule has 1 saturated heterocycles. The molecule has 7 nitrogen and oxygen atoms in total. The van der Waals surface area contributed by atoms with Crippen LogP contribution in [0, 0.1) is 5.82 Å². The number of likely N-dealkylation sites (tertiary alicyclic amines) is 1. The Hall–Kier alpha value is -3.36. The number of imidazole rings is 1. The normalized spacial score (nSPS) is 21.4. The molecule has 1 aliphatic carbocycles. The van der Waals surface area contributed by atoms with Crippen LogP contribution in [0.4, 0.5) is 10.3 Å². The van der Waals surface area contributed by atoms with Gasteiger partial charge in [-0.25, -0.2) is 19.3 Å². The van der Waals surface area contributed by atoms with Gasteiger partial charge in [0.05, 0.1) is 18.1 Å². The molecule has 8 heteroatoms. The zero-order valence-corrected chi connectivity index (χ0v) is 21.3. The molecule has 0 unspecified atom stereocenters. The molecule has 0 amide bonds. The van der Waals surface area contributed by atoms with Crippen LogP contribution in [0.25, 0.3) is 28.2 Å². The highest BCUT2D eigenvalue weighted by Crippen LogP contribution is 2.27. The minimum atomic E-state index is -0.455. The number of benzene rings is 1. The van der Waals surface area contributed by atoms with Crippen molar-refractivity contribution >= 4 is 11.6 Å².